The van der Waals surface area contributed by atoms with E-state index in [1.807, 2.05) is 31.4 Å². The Bertz CT molecular complexity index is 1150. The van der Waals surface area contributed by atoms with Crippen LogP contribution in [-0.2, 0) is 27.1 Å². The molecule has 4 N–H and O–H groups in total. The van der Waals surface area contributed by atoms with Crippen LogP contribution in [0.4, 0.5) is 0 Å². The van der Waals surface area contributed by atoms with Gasteiger partial charge in [-0.15, -0.1) is 22.7 Å². The normalized spacial score (nSPS) is 13.7. The molecule has 1 amide bonds. The van der Waals surface area contributed by atoms with E-state index in [1.54, 1.807) is 35.8 Å². The van der Waals surface area contributed by atoms with Crippen molar-refractivity contribution in [2.75, 3.05) is 0 Å². The van der Waals surface area contributed by atoms with Gasteiger partial charge in [-0.25, -0.2) is 14.3 Å². The highest BCUT2D eigenvalue weighted by atomic mass is 32.1. The number of carboxylic acids is 1. The van der Waals surface area contributed by atoms with E-state index in [9.17, 15) is 29.0 Å². The Hall–Kier alpha value is -2.40. The molecule has 0 spiro atoms. The fourth-order valence-electron chi connectivity index (χ4n) is 3.61. The quantitative estimate of drug-likeness (QED) is 0.254. The summed E-state index contributed by atoms with van der Waals surface area (Å²) in [5.41, 5.74) is 1.60. The maximum Gasteiger partial charge on any atom is 0.404 e. The van der Waals surface area contributed by atoms with Gasteiger partial charge in [0.15, 0.2) is 0 Å². The smallest absolute Gasteiger partial charge is 0.404 e. The van der Waals surface area contributed by atoms with Crippen molar-refractivity contribution in [1.82, 2.24) is 15.0 Å². The lowest BCUT2D eigenvalue weighted by molar-refractivity contribution is -0.142. The lowest BCUT2D eigenvalue weighted by atomic mass is 10.0. The van der Waals surface area contributed by atoms with Crippen LogP contribution in [0.2, 0.25) is 0 Å². The van der Waals surface area contributed by atoms with Crippen molar-refractivity contribution in [2.24, 2.45) is 5.92 Å². The number of benzene rings is 1. The third kappa shape index (κ3) is 7.79. The van der Waals surface area contributed by atoms with Crippen LogP contribution in [0.5, 0.6) is 0 Å². The van der Waals surface area contributed by atoms with E-state index in [2.05, 4.69) is 10.3 Å². The molecule has 0 aliphatic rings. The first-order chi connectivity index (χ1) is 16.5. The minimum Gasteiger partial charge on any atom is -0.480 e. The van der Waals surface area contributed by atoms with E-state index in [-0.39, 0.29) is 25.3 Å². The summed E-state index contributed by atoms with van der Waals surface area (Å²) in [7, 11) is -4.82. The maximum absolute atomic E-state index is 13.2. The van der Waals surface area contributed by atoms with Crippen LogP contribution in [0, 0.1) is 5.92 Å². The van der Waals surface area contributed by atoms with Crippen molar-refractivity contribution in [2.45, 2.75) is 45.3 Å². The molecule has 0 saturated carbocycles. The first-order valence-electron chi connectivity index (χ1n) is 10.9. The van der Waals surface area contributed by atoms with Crippen LogP contribution in [0.25, 0.3) is 10.6 Å². The standard InChI is InChI=1S/C23H28N3O6PS2/c1-15(2)12-20(26(33(30,31)32)14-18-4-3-10-34-18)21(27)25-19(23(28)29)13-16-5-7-17(8-6-16)22-24-9-11-35-22/h3-11,15,19-20H,12-14H2,1-2H3,(H,25,27)(H,28,29)(H2,30,31,32). The van der Waals surface area contributed by atoms with Crippen LogP contribution >= 0.6 is 30.4 Å². The highest BCUT2D eigenvalue weighted by molar-refractivity contribution is 7.49. The summed E-state index contributed by atoms with van der Waals surface area (Å²) in [6, 6.07) is 8.27. The Balaban J connectivity index is 1.79. The summed E-state index contributed by atoms with van der Waals surface area (Å²) in [4.78, 5) is 50.2. The molecule has 0 fully saturated rings. The van der Waals surface area contributed by atoms with E-state index in [4.69, 9.17) is 0 Å². The van der Waals surface area contributed by atoms with Gasteiger partial charge in [0, 0.05) is 35.0 Å². The average molecular weight is 538 g/mol. The number of nitrogens with one attached hydrogen (secondary N) is 1. The summed E-state index contributed by atoms with van der Waals surface area (Å²) >= 11 is 2.81. The highest BCUT2D eigenvalue weighted by Gasteiger charge is 2.39. The van der Waals surface area contributed by atoms with Gasteiger partial charge in [0.25, 0.3) is 0 Å². The first-order valence-corrected chi connectivity index (χ1v) is 14.2. The molecular formula is C23H28N3O6PS2. The van der Waals surface area contributed by atoms with Gasteiger partial charge in [-0.3, -0.25) is 4.79 Å². The van der Waals surface area contributed by atoms with Crippen molar-refractivity contribution in [3.05, 3.63) is 63.8 Å². The molecule has 9 nitrogen and oxygen atoms in total. The van der Waals surface area contributed by atoms with Crippen LogP contribution < -0.4 is 5.32 Å². The fraction of sp³-hybridized carbons (Fsp3) is 0.348. The third-order valence-corrected chi connectivity index (χ3v) is 8.05. The van der Waals surface area contributed by atoms with Gasteiger partial charge in [0.1, 0.15) is 11.0 Å². The molecule has 12 heteroatoms. The Morgan fingerprint density at radius 1 is 1.11 bits per heavy atom. The van der Waals surface area contributed by atoms with E-state index in [0.717, 1.165) is 15.2 Å². The van der Waals surface area contributed by atoms with Crippen LogP contribution in [0.15, 0.2) is 53.4 Å². The SMILES string of the molecule is CC(C)CC(C(=O)NC(Cc1ccc(-c2nccs2)cc1)C(=O)O)N(Cc1cccs1)P(=O)(O)O. The maximum atomic E-state index is 13.2. The Morgan fingerprint density at radius 3 is 2.34 bits per heavy atom. The minimum absolute atomic E-state index is 0.0223. The van der Waals surface area contributed by atoms with Crippen molar-refractivity contribution in [1.29, 1.82) is 0 Å². The van der Waals surface area contributed by atoms with Crippen molar-refractivity contribution in [3.63, 3.8) is 0 Å². The number of amides is 1. The Kier molecular flexibility index (Phi) is 9.34. The molecule has 0 saturated heterocycles. The topological polar surface area (TPSA) is 140 Å². The predicted octanol–water partition coefficient (Wildman–Crippen LogP) is 3.99. The van der Waals surface area contributed by atoms with Crippen molar-refractivity contribution < 1.29 is 29.0 Å². The number of aromatic nitrogens is 1. The molecule has 0 radical (unpaired) electrons. The summed E-state index contributed by atoms with van der Waals surface area (Å²) in [6.45, 7) is 3.55. The second kappa shape index (κ2) is 12.0. The van der Waals surface area contributed by atoms with E-state index in [1.165, 1.54) is 22.7 Å². The molecule has 0 bridgehead atoms. The number of thiophene rings is 1. The lowest BCUT2D eigenvalue weighted by Gasteiger charge is -2.32. The summed E-state index contributed by atoms with van der Waals surface area (Å²) in [6.07, 6.45) is 1.88. The third-order valence-electron chi connectivity index (χ3n) is 5.28. The number of carbonyl (C=O) groups is 2. The molecule has 2 heterocycles. The molecule has 3 rings (SSSR count). The van der Waals surface area contributed by atoms with Crippen molar-refractivity contribution >= 4 is 42.3 Å². The van der Waals surface area contributed by atoms with Crippen LogP contribution in [0.1, 0.15) is 30.7 Å². The number of hydrogen-bond acceptors (Lipinski definition) is 6. The number of thiazole rings is 1. The molecule has 0 aliphatic carbocycles. The minimum atomic E-state index is -4.82. The van der Waals surface area contributed by atoms with E-state index < -0.39 is 31.7 Å². The van der Waals surface area contributed by atoms with Gasteiger partial charge in [0.05, 0.1) is 6.04 Å². The molecule has 2 aromatic heterocycles. The molecule has 2 unspecified atom stereocenters. The fourth-order valence-corrected chi connectivity index (χ4v) is 5.95. The average Bonchev–Trinajstić information content (AvgIpc) is 3.49. The zero-order chi connectivity index (χ0) is 25.6. The number of hydrogen-bond donors (Lipinski definition) is 4. The monoisotopic (exact) mass is 537 g/mol. The molecule has 3 aromatic rings. The lowest BCUT2D eigenvalue weighted by Crippen LogP contribution is -2.51. The second-order valence-corrected chi connectivity index (χ2v) is 11.9. The Morgan fingerprint density at radius 2 is 1.83 bits per heavy atom. The molecule has 35 heavy (non-hydrogen) atoms. The molecule has 1 aromatic carbocycles. The number of carboxylic acid groups (broad SMARTS) is 1. The zero-order valence-corrected chi connectivity index (χ0v) is 21.8. The molecule has 0 aliphatic heterocycles. The van der Waals surface area contributed by atoms with Gasteiger partial charge in [0.2, 0.25) is 5.91 Å². The summed E-state index contributed by atoms with van der Waals surface area (Å²) in [5, 5.41) is 16.8. The van der Waals surface area contributed by atoms with E-state index >= 15 is 0 Å². The number of carbonyl (C=O) groups excluding carboxylic acids is 1. The highest BCUT2D eigenvalue weighted by Crippen LogP contribution is 2.44. The summed E-state index contributed by atoms with van der Waals surface area (Å²) in [5.74, 6) is -2.03. The van der Waals surface area contributed by atoms with Gasteiger partial charge < -0.3 is 20.2 Å². The second-order valence-electron chi connectivity index (χ2n) is 8.47. The Labute approximate surface area is 211 Å². The van der Waals surface area contributed by atoms with Gasteiger partial charge in [-0.1, -0.05) is 44.2 Å². The van der Waals surface area contributed by atoms with Gasteiger partial charge in [-0.2, -0.15) is 4.67 Å². The van der Waals surface area contributed by atoms with Crippen LogP contribution in [-0.4, -0.2) is 48.5 Å². The van der Waals surface area contributed by atoms with Gasteiger partial charge >= 0.3 is 13.7 Å². The zero-order valence-electron chi connectivity index (χ0n) is 19.3. The van der Waals surface area contributed by atoms with Crippen LogP contribution in [0.3, 0.4) is 0 Å². The van der Waals surface area contributed by atoms with Gasteiger partial charge in [-0.05, 0) is 29.3 Å². The number of rotatable bonds is 12. The number of nitrogens with zero attached hydrogens (tertiary/aromatic N) is 2. The molecule has 2 atom stereocenters. The first kappa shape index (κ1) is 27.2. The predicted molar refractivity (Wildman–Crippen MR) is 136 cm³/mol. The molecule has 188 valence electrons. The number of aliphatic carboxylic acids is 1. The van der Waals surface area contributed by atoms with Crippen molar-refractivity contribution in [3.8, 4) is 10.6 Å². The molecular weight excluding hydrogens is 509 g/mol. The summed E-state index contributed by atoms with van der Waals surface area (Å²) < 4.78 is 13.2. The largest absolute Gasteiger partial charge is 0.480 e. The van der Waals surface area contributed by atoms with E-state index in [0.29, 0.717) is 10.4 Å².